The molecule has 3 amide bonds. The Bertz CT molecular complexity index is 2890. The average Bonchev–Trinajstić information content (AvgIpc) is 3.73. The van der Waals surface area contributed by atoms with Crippen LogP contribution >= 0.6 is 23.2 Å². The summed E-state index contributed by atoms with van der Waals surface area (Å²) in [7, 11) is 4.60. The molecule has 15 nitrogen and oxygen atoms in total. The second-order valence-electron chi connectivity index (χ2n) is 16.1. The lowest BCUT2D eigenvalue weighted by atomic mass is 10.2. The van der Waals surface area contributed by atoms with E-state index >= 15 is 0 Å². The molecule has 71 heavy (non-hydrogen) atoms. The number of rotatable bonds is 18. The lowest BCUT2D eigenvalue weighted by molar-refractivity contribution is 0.0818. The Kier molecular flexibility index (Phi) is 20.2. The molecule has 0 aliphatic rings. The van der Waals surface area contributed by atoms with Gasteiger partial charge in [0.05, 0.1) is 49.6 Å². The number of nitrogens with zero attached hydrogens (tertiary/aromatic N) is 3. The molecule has 17 heteroatoms. The molecule has 1 aromatic heterocycles. The first kappa shape index (κ1) is 54.3. The van der Waals surface area contributed by atoms with Crippen LogP contribution in [0, 0.1) is 0 Å². The minimum Gasteiger partial charge on any atom is -0.493 e. The van der Waals surface area contributed by atoms with Gasteiger partial charge in [0, 0.05) is 18.2 Å². The molecular weight excluding hydrogens is 950 g/mol. The van der Waals surface area contributed by atoms with Crippen molar-refractivity contribution in [1.82, 2.24) is 25.5 Å². The van der Waals surface area contributed by atoms with E-state index in [1.165, 1.54) is 22.8 Å². The third kappa shape index (κ3) is 15.7. The number of hydrogen-bond acceptors (Lipinski definition) is 11. The largest absolute Gasteiger partial charge is 0.493 e. The lowest BCUT2D eigenvalue weighted by Crippen LogP contribution is -2.49. The molecule has 0 saturated heterocycles. The number of urea groups is 1. The van der Waals surface area contributed by atoms with E-state index in [2.05, 4.69) is 15.8 Å². The molecule has 0 bridgehead atoms. The SMILES string of the molecule is C.CNC(=O)N(Cc1ccc(OCc2ccccc2)c(OC)c1)NC(=O)c1ccc(OC(C)C)c(Cl)c1.COc1cc(Cn2nc(-c3ccc(OC(C)C)c(Cl)c3)oc2=O)ccc1OCc1ccccc1. The molecule has 6 aromatic carbocycles. The van der Waals surface area contributed by atoms with Crippen LogP contribution in [0.25, 0.3) is 11.5 Å². The molecule has 0 atom stereocenters. The normalized spacial score (nSPS) is 10.6. The first-order valence-corrected chi connectivity index (χ1v) is 23.0. The summed E-state index contributed by atoms with van der Waals surface area (Å²) in [4.78, 5) is 37.8. The van der Waals surface area contributed by atoms with E-state index in [0.717, 1.165) is 22.3 Å². The summed E-state index contributed by atoms with van der Waals surface area (Å²) in [6.07, 6.45) is -0.0642. The van der Waals surface area contributed by atoms with Crippen LogP contribution in [0.4, 0.5) is 4.79 Å². The van der Waals surface area contributed by atoms with E-state index in [0.29, 0.717) is 63.3 Å². The fourth-order valence-electron chi connectivity index (χ4n) is 6.67. The van der Waals surface area contributed by atoms with Crippen LogP contribution in [0.15, 0.2) is 143 Å². The number of methoxy groups -OCH3 is 2. The monoisotopic (exact) mass is 1010 g/mol. The summed E-state index contributed by atoms with van der Waals surface area (Å²) in [5.74, 6) is 2.41. The number of amides is 3. The topological polar surface area (TPSA) is 165 Å². The quantitative estimate of drug-likeness (QED) is 0.0786. The van der Waals surface area contributed by atoms with Gasteiger partial charge in [-0.25, -0.2) is 14.6 Å². The minimum absolute atomic E-state index is 0. The molecule has 0 aliphatic heterocycles. The number of nitrogens with one attached hydrogen (secondary N) is 2. The fourth-order valence-corrected chi connectivity index (χ4v) is 7.12. The van der Waals surface area contributed by atoms with E-state index in [9.17, 15) is 14.4 Å². The summed E-state index contributed by atoms with van der Waals surface area (Å²) in [6, 6.07) is 39.9. The Hall–Kier alpha value is -7.62. The molecule has 0 spiro atoms. The Balaban J connectivity index is 0.000000261. The van der Waals surface area contributed by atoms with E-state index < -0.39 is 17.7 Å². The van der Waals surface area contributed by atoms with Gasteiger partial charge in [-0.2, -0.15) is 4.68 Å². The van der Waals surface area contributed by atoms with Crippen molar-refractivity contribution in [3.05, 3.63) is 182 Å². The summed E-state index contributed by atoms with van der Waals surface area (Å²) < 4.78 is 40.6. The molecule has 0 unspecified atom stereocenters. The van der Waals surface area contributed by atoms with Crippen molar-refractivity contribution < 1.29 is 42.4 Å². The highest BCUT2D eigenvalue weighted by Gasteiger charge is 2.20. The maximum absolute atomic E-state index is 12.9. The van der Waals surface area contributed by atoms with Gasteiger partial charge in [0.25, 0.3) is 5.91 Å². The number of benzene rings is 6. The molecule has 0 aliphatic carbocycles. The molecule has 0 saturated carbocycles. The van der Waals surface area contributed by atoms with Gasteiger partial charge in [-0.05, 0) is 111 Å². The van der Waals surface area contributed by atoms with Crippen molar-refractivity contribution in [3.63, 3.8) is 0 Å². The third-order valence-electron chi connectivity index (χ3n) is 10.0. The van der Waals surface area contributed by atoms with Gasteiger partial charge in [-0.15, -0.1) is 5.10 Å². The highest BCUT2D eigenvalue weighted by Crippen LogP contribution is 2.33. The van der Waals surface area contributed by atoms with E-state index in [1.807, 2.05) is 107 Å². The van der Waals surface area contributed by atoms with Crippen LogP contribution < -0.4 is 44.9 Å². The van der Waals surface area contributed by atoms with Crippen LogP contribution in [0.5, 0.6) is 34.5 Å². The van der Waals surface area contributed by atoms with Gasteiger partial charge in [0.1, 0.15) is 24.7 Å². The Labute approximate surface area is 424 Å². The zero-order valence-corrected chi connectivity index (χ0v) is 41.4. The number of ether oxygens (including phenoxy) is 6. The molecule has 2 N–H and O–H groups in total. The van der Waals surface area contributed by atoms with Crippen molar-refractivity contribution in [3.8, 4) is 46.0 Å². The molecule has 1 heterocycles. The standard InChI is InChI=1S/C27H30ClN3O5.C26H25ClN2O5.CH4/c1-18(2)36-23-13-11-21(15-22(23)28)26(32)30-31(27(33)29-3)16-20-10-12-24(25(14-20)34-4)35-17-19-8-6-5-7-9-19;1-17(2)33-22-12-10-20(14-21(22)27)25-28-29(26(30)34-25)15-19-9-11-23(24(13-19)31-3)32-16-18-7-5-4-6-8-18;/h5-15,18H,16-17H2,1-4H3,(H,29,33)(H,30,32);4-14,17H,15-16H2,1-3H3;1H4. The number of halogens is 2. The second-order valence-corrected chi connectivity index (χ2v) is 16.9. The van der Waals surface area contributed by atoms with Crippen molar-refractivity contribution in [2.24, 2.45) is 0 Å². The van der Waals surface area contributed by atoms with Gasteiger partial charge in [0.2, 0.25) is 5.89 Å². The van der Waals surface area contributed by atoms with Gasteiger partial charge in [-0.1, -0.05) is 103 Å². The smallest absolute Gasteiger partial charge is 0.437 e. The Morgan fingerprint density at radius 3 is 1.66 bits per heavy atom. The highest BCUT2D eigenvalue weighted by atomic mass is 35.5. The number of aromatic nitrogens is 2. The number of hydrogen-bond donors (Lipinski definition) is 2. The van der Waals surface area contributed by atoms with Crippen LogP contribution in [0.1, 0.15) is 67.7 Å². The van der Waals surface area contributed by atoms with E-state index in [-0.39, 0.29) is 44.2 Å². The minimum atomic E-state index is -0.572. The molecule has 7 rings (SSSR count). The first-order chi connectivity index (χ1) is 33.7. The maximum Gasteiger partial charge on any atom is 0.437 e. The molecule has 374 valence electrons. The summed E-state index contributed by atoms with van der Waals surface area (Å²) in [5.41, 5.74) is 7.11. The Morgan fingerprint density at radius 2 is 1.15 bits per heavy atom. The van der Waals surface area contributed by atoms with Crippen molar-refractivity contribution in [2.75, 3.05) is 21.3 Å². The average molecular weight is 1010 g/mol. The zero-order valence-electron chi connectivity index (χ0n) is 39.9. The zero-order chi connectivity index (χ0) is 50.2. The summed E-state index contributed by atoms with van der Waals surface area (Å²) in [5, 5.41) is 8.75. The summed E-state index contributed by atoms with van der Waals surface area (Å²) in [6.45, 7) is 8.71. The maximum atomic E-state index is 12.9. The molecule has 7 aromatic rings. The van der Waals surface area contributed by atoms with Crippen molar-refractivity contribution in [1.29, 1.82) is 0 Å². The van der Waals surface area contributed by atoms with Crippen LogP contribution in [0.2, 0.25) is 10.0 Å². The van der Waals surface area contributed by atoms with Crippen molar-refractivity contribution in [2.45, 2.75) is 73.6 Å². The predicted molar refractivity (Wildman–Crippen MR) is 275 cm³/mol. The molecule has 0 fully saturated rings. The number of hydrazine groups is 1. The van der Waals surface area contributed by atoms with Crippen molar-refractivity contribution >= 4 is 35.1 Å². The summed E-state index contributed by atoms with van der Waals surface area (Å²) >= 11 is 12.6. The predicted octanol–water partition coefficient (Wildman–Crippen LogP) is 11.4. The number of carbonyl (C=O) groups excluding carboxylic acids is 2. The fraction of sp³-hybridized carbons (Fsp3) is 0.259. The molecular formula is C54H59Cl2N5O10. The van der Waals surface area contributed by atoms with E-state index in [4.69, 9.17) is 56.0 Å². The van der Waals surface area contributed by atoms with Gasteiger partial charge in [-0.3, -0.25) is 10.2 Å². The van der Waals surface area contributed by atoms with Gasteiger partial charge < -0.3 is 38.2 Å². The third-order valence-corrected chi connectivity index (χ3v) is 10.6. The van der Waals surface area contributed by atoms with E-state index in [1.54, 1.807) is 62.8 Å². The highest BCUT2D eigenvalue weighted by molar-refractivity contribution is 6.32. The van der Waals surface area contributed by atoms with Gasteiger partial charge >= 0.3 is 11.8 Å². The first-order valence-electron chi connectivity index (χ1n) is 22.2. The van der Waals surface area contributed by atoms with Crippen LogP contribution in [-0.2, 0) is 26.3 Å². The Morgan fingerprint density at radius 1 is 0.648 bits per heavy atom. The van der Waals surface area contributed by atoms with Crippen LogP contribution in [0.3, 0.4) is 0 Å². The van der Waals surface area contributed by atoms with Gasteiger partial charge in [0.15, 0.2) is 23.0 Å². The molecule has 0 radical (unpaired) electrons. The van der Waals surface area contributed by atoms with Crippen LogP contribution in [-0.4, -0.2) is 60.2 Å². The lowest BCUT2D eigenvalue weighted by Gasteiger charge is -2.23. The second kappa shape index (κ2) is 26.4. The number of carbonyl (C=O) groups is 2.